The molecule has 0 aliphatic rings. The average Bonchev–Trinajstić information content (AvgIpc) is 2.79. The number of nitrogens with zero attached hydrogens (tertiary/aromatic N) is 2. The summed E-state index contributed by atoms with van der Waals surface area (Å²) in [5, 5.41) is 4.43. The maximum Gasteiger partial charge on any atom is 0.358 e. The molecule has 2 rings (SSSR count). The summed E-state index contributed by atoms with van der Waals surface area (Å²) < 4.78 is 6.07. The van der Waals surface area contributed by atoms with Gasteiger partial charge < -0.3 is 4.74 Å². The van der Waals surface area contributed by atoms with Crippen molar-refractivity contribution in [1.29, 1.82) is 0 Å². The lowest BCUT2D eigenvalue weighted by molar-refractivity contribution is 0.0519. The second-order valence-electron chi connectivity index (χ2n) is 3.28. The zero-order chi connectivity index (χ0) is 13.4. The molecule has 18 heavy (non-hydrogen) atoms. The number of ether oxygens (including phenoxy) is 1. The van der Waals surface area contributed by atoms with Crippen molar-refractivity contribution in [3.8, 4) is 0 Å². The fraction of sp³-hybridized carbons (Fsp3) is 0.200. The van der Waals surface area contributed by atoms with Gasteiger partial charge in [-0.1, -0.05) is 46.4 Å². The summed E-state index contributed by atoms with van der Waals surface area (Å²) >= 11 is 23.8. The number of rotatable bonds is 2. The van der Waals surface area contributed by atoms with Crippen LogP contribution in [0, 0.1) is 0 Å². The Kier molecular flexibility index (Phi) is 3.92. The molecule has 2 aromatic rings. The fourth-order valence-electron chi connectivity index (χ4n) is 1.38. The Morgan fingerprint density at radius 1 is 1.28 bits per heavy atom. The van der Waals surface area contributed by atoms with E-state index >= 15 is 0 Å². The lowest BCUT2D eigenvalue weighted by atomic mass is 10.3. The number of halogens is 4. The molecule has 0 aliphatic carbocycles. The zero-order valence-electron chi connectivity index (χ0n) is 9.01. The average molecular weight is 328 g/mol. The monoisotopic (exact) mass is 326 g/mol. The molecule has 8 heteroatoms. The third kappa shape index (κ3) is 2.14. The predicted molar refractivity (Wildman–Crippen MR) is 71.2 cm³/mol. The van der Waals surface area contributed by atoms with E-state index in [1.807, 2.05) is 0 Å². The van der Waals surface area contributed by atoms with Crippen molar-refractivity contribution in [2.75, 3.05) is 6.61 Å². The van der Waals surface area contributed by atoms with E-state index in [2.05, 4.69) is 5.10 Å². The molecule has 2 heterocycles. The highest BCUT2D eigenvalue weighted by atomic mass is 35.5. The summed E-state index contributed by atoms with van der Waals surface area (Å²) in [5.74, 6) is -0.569. The molecule has 0 fully saturated rings. The molecule has 0 bridgehead atoms. The van der Waals surface area contributed by atoms with Gasteiger partial charge in [-0.15, -0.1) is 0 Å². The van der Waals surface area contributed by atoms with Gasteiger partial charge >= 0.3 is 5.97 Å². The number of aromatic nitrogens is 2. The van der Waals surface area contributed by atoms with Gasteiger partial charge in [-0.25, -0.2) is 9.31 Å². The van der Waals surface area contributed by atoms with Gasteiger partial charge in [0, 0.05) is 6.07 Å². The highest BCUT2D eigenvalue weighted by Gasteiger charge is 2.20. The van der Waals surface area contributed by atoms with Gasteiger partial charge in [-0.2, -0.15) is 5.10 Å². The van der Waals surface area contributed by atoms with E-state index in [4.69, 9.17) is 51.1 Å². The Bertz CT molecular complexity index is 594. The van der Waals surface area contributed by atoms with Crippen LogP contribution in [0.5, 0.6) is 0 Å². The Morgan fingerprint density at radius 2 is 1.94 bits per heavy atom. The molecule has 0 amide bonds. The van der Waals surface area contributed by atoms with E-state index in [9.17, 15) is 4.79 Å². The first-order valence-corrected chi connectivity index (χ1v) is 6.37. The van der Waals surface area contributed by atoms with Gasteiger partial charge in [0.1, 0.15) is 0 Å². The van der Waals surface area contributed by atoms with E-state index in [0.717, 1.165) is 0 Å². The molecule has 2 aromatic heterocycles. The minimum absolute atomic E-state index is 0.0781. The first kappa shape index (κ1) is 13.7. The van der Waals surface area contributed by atoms with Crippen LogP contribution in [0.25, 0.3) is 5.52 Å². The molecule has 0 saturated heterocycles. The Labute approximate surface area is 122 Å². The predicted octanol–water partition coefficient (Wildman–Crippen LogP) is 4.12. The molecule has 4 nitrogen and oxygen atoms in total. The zero-order valence-corrected chi connectivity index (χ0v) is 12.0. The molecule has 0 spiro atoms. The summed E-state index contributed by atoms with van der Waals surface area (Å²) in [6.45, 7) is 1.94. The van der Waals surface area contributed by atoms with Crippen LogP contribution in [0.4, 0.5) is 0 Å². The summed E-state index contributed by atoms with van der Waals surface area (Å²) in [7, 11) is 0. The summed E-state index contributed by atoms with van der Waals surface area (Å²) in [6, 6.07) is 1.44. The van der Waals surface area contributed by atoms with Crippen molar-refractivity contribution >= 4 is 57.9 Å². The lowest BCUT2D eigenvalue weighted by Crippen LogP contribution is -2.05. The van der Waals surface area contributed by atoms with E-state index in [1.54, 1.807) is 6.92 Å². The molecule has 0 N–H and O–H groups in total. The van der Waals surface area contributed by atoms with Gasteiger partial charge in [0.15, 0.2) is 10.8 Å². The number of hydrogen-bond acceptors (Lipinski definition) is 3. The summed E-state index contributed by atoms with van der Waals surface area (Å²) in [5.41, 5.74) is 0.470. The highest BCUT2D eigenvalue weighted by molar-refractivity contribution is 6.52. The number of esters is 1. The molecular weight excluding hydrogens is 322 g/mol. The van der Waals surface area contributed by atoms with Crippen LogP contribution in [0.15, 0.2) is 6.07 Å². The molecule has 0 atom stereocenters. The SMILES string of the molecule is CCOC(=O)c1cc2c(Cl)c(Cl)c(Cl)c(Cl)n2n1. The largest absolute Gasteiger partial charge is 0.461 e. The molecular formula is C10H6Cl4N2O2. The van der Waals surface area contributed by atoms with Crippen LogP contribution in [-0.2, 0) is 4.74 Å². The summed E-state index contributed by atoms with van der Waals surface area (Å²) in [6.07, 6.45) is 0. The quantitative estimate of drug-likeness (QED) is 0.615. The van der Waals surface area contributed by atoms with Crippen molar-refractivity contribution in [3.63, 3.8) is 0 Å². The van der Waals surface area contributed by atoms with Crippen molar-refractivity contribution in [3.05, 3.63) is 32.0 Å². The first-order valence-electron chi connectivity index (χ1n) is 4.86. The number of carbonyl (C=O) groups is 1. The lowest BCUT2D eigenvalue weighted by Gasteiger charge is -2.04. The minimum Gasteiger partial charge on any atom is -0.461 e. The van der Waals surface area contributed by atoms with Crippen molar-refractivity contribution in [2.24, 2.45) is 0 Å². The molecule has 0 aliphatic heterocycles. The first-order chi connectivity index (χ1) is 8.47. The summed E-state index contributed by atoms with van der Waals surface area (Å²) in [4.78, 5) is 11.6. The number of carbonyl (C=O) groups excluding carboxylic acids is 1. The van der Waals surface area contributed by atoms with Crippen LogP contribution < -0.4 is 0 Å². The van der Waals surface area contributed by atoms with Gasteiger partial charge in [-0.3, -0.25) is 0 Å². The van der Waals surface area contributed by atoms with E-state index in [-0.39, 0.29) is 32.5 Å². The molecule has 96 valence electrons. The van der Waals surface area contributed by atoms with Gasteiger partial charge in [-0.05, 0) is 6.92 Å². The van der Waals surface area contributed by atoms with Gasteiger partial charge in [0.2, 0.25) is 0 Å². The van der Waals surface area contributed by atoms with E-state index in [1.165, 1.54) is 10.6 Å². The Morgan fingerprint density at radius 3 is 2.56 bits per heavy atom. The van der Waals surface area contributed by atoms with Crippen molar-refractivity contribution < 1.29 is 9.53 Å². The molecule has 0 radical (unpaired) electrons. The Hall–Kier alpha value is -0.680. The third-order valence-corrected chi connectivity index (χ3v) is 3.94. The molecule has 0 saturated carbocycles. The molecule has 0 unspecified atom stereocenters. The maximum atomic E-state index is 11.6. The smallest absolute Gasteiger partial charge is 0.358 e. The van der Waals surface area contributed by atoms with Crippen LogP contribution in [-0.4, -0.2) is 22.2 Å². The van der Waals surface area contributed by atoms with Gasteiger partial charge in [0.05, 0.1) is 27.2 Å². The maximum absolute atomic E-state index is 11.6. The topological polar surface area (TPSA) is 43.6 Å². The Balaban J connectivity index is 2.68. The van der Waals surface area contributed by atoms with Crippen molar-refractivity contribution in [1.82, 2.24) is 9.61 Å². The number of fused-ring (bicyclic) bond motifs is 1. The van der Waals surface area contributed by atoms with Crippen molar-refractivity contribution in [2.45, 2.75) is 6.92 Å². The van der Waals surface area contributed by atoms with Gasteiger partial charge in [0.25, 0.3) is 0 Å². The second-order valence-corrected chi connectivity index (χ2v) is 4.77. The normalized spacial score (nSPS) is 10.9. The minimum atomic E-state index is -0.569. The second kappa shape index (κ2) is 5.13. The fourth-order valence-corrected chi connectivity index (χ4v) is 2.29. The highest BCUT2D eigenvalue weighted by Crippen LogP contribution is 2.38. The van der Waals surface area contributed by atoms with E-state index < -0.39 is 5.97 Å². The van der Waals surface area contributed by atoms with E-state index in [0.29, 0.717) is 5.52 Å². The van der Waals surface area contributed by atoms with Crippen LogP contribution >= 0.6 is 46.4 Å². The third-order valence-electron chi connectivity index (χ3n) is 2.17. The number of pyridine rings is 1. The van der Waals surface area contributed by atoms with Crippen LogP contribution in [0.2, 0.25) is 20.2 Å². The van der Waals surface area contributed by atoms with Crippen LogP contribution in [0.1, 0.15) is 17.4 Å². The van der Waals surface area contributed by atoms with Crippen LogP contribution in [0.3, 0.4) is 0 Å². The number of hydrogen-bond donors (Lipinski definition) is 0. The molecule has 0 aromatic carbocycles. The standard InChI is InChI=1S/C10H6Cl4N2O2/c1-2-18-10(17)4-3-5-6(11)7(12)8(13)9(14)16(5)15-4/h3H,2H2,1H3.